The summed E-state index contributed by atoms with van der Waals surface area (Å²) in [6.07, 6.45) is 0. The van der Waals surface area contributed by atoms with Crippen molar-refractivity contribution in [3.8, 4) is 11.3 Å². The van der Waals surface area contributed by atoms with Crippen molar-refractivity contribution >= 4 is 55.4 Å². The molecule has 2 heterocycles. The van der Waals surface area contributed by atoms with Crippen LogP contribution in [0, 0.1) is 5.82 Å². The van der Waals surface area contributed by atoms with E-state index in [0.29, 0.717) is 5.11 Å². The second kappa shape index (κ2) is 8.55. The van der Waals surface area contributed by atoms with Crippen LogP contribution in [0.2, 0.25) is 0 Å². The quantitative estimate of drug-likeness (QED) is 0.523. The van der Waals surface area contributed by atoms with E-state index >= 15 is 0 Å². The molecule has 28 heavy (non-hydrogen) atoms. The van der Waals surface area contributed by atoms with Gasteiger partial charge in [0.15, 0.2) is 10.2 Å². The highest BCUT2D eigenvalue weighted by molar-refractivity contribution is 9.10. The Morgan fingerprint density at radius 3 is 2.57 bits per heavy atom. The number of benzene rings is 2. The van der Waals surface area contributed by atoms with Crippen LogP contribution in [0.1, 0.15) is 0 Å². The number of thiocarbonyl (C=S) groups is 1. The number of hydrogen-bond acceptors (Lipinski definition) is 4. The summed E-state index contributed by atoms with van der Waals surface area (Å²) in [6.45, 7) is 3.31. The van der Waals surface area contributed by atoms with Crippen molar-refractivity contribution in [1.29, 1.82) is 0 Å². The van der Waals surface area contributed by atoms with Gasteiger partial charge in [0.1, 0.15) is 5.82 Å². The molecule has 0 radical (unpaired) electrons. The van der Waals surface area contributed by atoms with E-state index in [2.05, 4.69) is 36.0 Å². The van der Waals surface area contributed by atoms with Crippen molar-refractivity contribution < 1.29 is 4.39 Å². The second-order valence-electron chi connectivity index (χ2n) is 6.43. The maximum absolute atomic E-state index is 13.1. The van der Waals surface area contributed by atoms with Gasteiger partial charge in [0, 0.05) is 47.3 Å². The third kappa shape index (κ3) is 4.51. The van der Waals surface area contributed by atoms with Crippen molar-refractivity contribution in [2.75, 3.05) is 36.4 Å². The summed E-state index contributed by atoms with van der Waals surface area (Å²) in [5.41, 5.74) is 3.04. The molecule has 0 spiro atoms. The van der Waals surface area contributed by atoms with E-state index < -0.39 is 0 Å². The summed E-state index contributed by atoms with van der Waals surface area (Å²) in [5, 5.41) is 6.77. The fourth-order valence-corrected chi connectivity index (χ4v) is 4.56. The fraction of sp³-hybridized carbons (Fsp3) is 0.200. The predicted octanol–water partition coefficient (Wildman–Crippen LogP) is 5.23. The van der Waals surface area contributed by atoms with Gasteiger partial charge >= 0.3 is 0 Å². The lowest BCUT2D eigenvalue weighted by atomic mass is 10.2. The molecule has 1 aliphatic heterocycles. The van der Waals surface area contributed by atoms with Gasteiger partial charge in [0.05, 0.1) is 5.69 Å². The van der Waals surface area contributed by atoms with E-state index in [-0.39, 0.29) is 5.82 Å². The van der Waals surface area contributed by atoms with Gasteiger partial charge < -0.3 is 15.1 Å². The number of piperazine rings is 1. The summed E-state index contributed by atoms with van der Waals surface area (Å²) in [6, 6.07) is 14.7. The van der Waals surface area contributed by atoms with E-state index in [0.717, 1.165) is 52.7 Å². The Kier molecular flexibility index (Phi) is 5.89. The Balaban J connectivity index is 1.34. The Morgan fingerprint density at radius 2 is 1.86 bits per heavy atom. The topological polar surface area (TPSA) is 31.4 Å². The van der Waals surface area contributed by atoms with Crippen LogP contribution in [-0.2, 0) is 0 Å². The van der Waals surface area contributed by atoms with E-state index in [9.17, 15) is 4.39 Å². The summed E-state index contributed by atoms with van der Waals surface area (Å²) >= 11 is 10.6. The minimum absolute atomic E-state index is 0.210. The van der Waals surface area contributed by atoms with Crippen molar-refractivity contribution in [3.63, 3.8) is 0 Å². The molecule has 8 heteroatoms. The maximum Gasteiger partial charge on any atom is 0.189 e. The number of hydrogen-bond donors (Lipinski definition) is 1. The van der Waals surface area contributed by atoms with Gasteiger partial charge in [0.2, 0.25) is 0 Å². The Morgan fingerprint density at radius 1 is 1.11 bits per heavy atom. The molecule has 1 aromatic heterocycles. The van der Waals surface area contributed by atoms with Crippen LogP contribution in [0.5, 0.6) is 0 Å². The largest absolute Gasteiger partial charge is 0.368 e. The van der Waals surface area contributed by atoms with Gasteiger partial charge in [-0.15, -0.1) is 11.3 Å². The van der Waals surface area contributed by atoms with Gasteiger partial charge in [-0.05, 0) is 48.6 Å². The molecule has 0 unspecified atom stereocenters. The van der Waals surface area contributed by atoms with Gasteiger partial charge in [-0.3, -0.25) is 0 Å². The normalized spacial score (nSPS) is 14.2. The summed E-state index contributed by atoms with van der Waals surface area (Å²) in [7, 11) is 0. The molecule has 4 rings (SSSR count). The molecule has 0 bridgehead atoms. The van der Waals surface area contributed by atoms with Crippen LogP contribution in [0.3, 0.4) is 0 Å². The number of aromatic nitrogens is 1. The van der Waals surface area contributed by atoms with Crippen LogP contribution < -0.4 is 10.2 Å². The van der Waals surface area contributed by atoms with Crippen molar-refractivity contribution in [3.05, 3.63) is 64.2 Å². The van der Waals surface area contributed by atoms with Crippen molar-refractivity contribution in [2.24, 2.45) is 0 Å². The van der Waals surface area contributed by atoms with Crippen LogP contribution in [-0.4, -0.2) is 41.2 Å². The first-order valence-corrected chi connectivity index (χ1v) is 10.9. The minimum Gasteiger partial charge on any atom is -0.368 e. The first-order valence-electron chi connectivity index (χ1n) is 8.86. The van der Waals surface area contributed by atoms with Crippen LogP contribution in [0.25, 0.3) is 11.3 Å². The summed E-state index contributed by atoms with van der Waals surface area (Å²) in [4.78, 5) is 9.05. The monoisotopic (exact) mass is 476 g/mol. The van der Waals surface area contributed by atoms with Gasteiger partial charge in [-0.2, -0.15) is 0 Å². The fourth-order valence-electron chi connectivity index (χ4n) is 3.10. The summed E-state index contributed by atoms with van der Waals surface area (Å²) in [5.74, 6) is -0.210. The number of nitrogens with zero attached hydrogens (tertiary/aromatic N) is 3. The van der Waals surface area contributed by atoms with E-state index in [4.69, 9.17) is 12.2 Å². The standard InChI is InChI=1S/C20H18BrFN4S2/c21-15-3-1-2-14(12-15)18-13-28-19(23-18)24-20(27)26-10-8-25(9-11-26)17-6-4-16(22)5-7-17/h1-7,12-13H,8-11H2,(H,23,24,27). The number of anilines is 2. The molecule has 0 aliphatic carbocycles. The van der Waals surface area contributed by atoms with Crippen LogP contribution in [0.4, 0.5) is 15.2 Å². The first kappa shape index (κ1) is 19.3. The van der Waals surface area contributed by atoms with Gasteiger partial charge in [-0.1, -0.05) is 28.1 Å². The molecular formula is C20H18BrFN4S2. The molecule has 1 N–H and O–H groups in total. The molecule has 1 aliphatic rings. The third-order valence-electron chi connectivity index (χ3n) is 4.60. The zero-order valence-corrected chi connectivity index (χ0v) is 18.2. The molecule has 4 nitrogen and oxygen atoms in total. The smallest absolute Gasteiger partial charge is 0.189 e. The lowest BCUT2D eigenvalue weighted by Gasteiger charge is -2.37. The highest BCUT2D eigenvalue weighted by atomic mass is 79.9. The van der Waals surface area contributed by atoms with Gasteiger partial charge in [-0.25, -0.2) is 9.37 Å². The Hall–Kier alpha value is -2.03. The predicted molar refractivity (Wildman–Crippen MR) is 122 cm³/mol. The Bertz CT molecular complexity index is 968. The second-order valence-corrected chi connectivity index (χ2v) is 8.59. The zero-order valence-electron chi connectivity index (χ0n) is 14.9. The van der Waals surface area contributed by atoms with Crippen molar-refractivity contribution in [1.82, 2.24) is 9.88 Å². The molecule has 1 saturated heterocycles. The number of nitrogens with one attached hydrogen (secondary N) is 1. The Labute approximate surface area is 181 Å². The molecular weight excluding hydrogens is 459 g/mol. The number of thiazole rings is 1. The molecule has 144 valence electrons. The first-order chi connectivity index (χ1) is 13.6. The minimum atomic E-state index is -0.210. The van der Waals surface area contributed by atoms with Gasteiger partial charge in [0.25, 0.3) is 0 Å². The van der Waals surface area contributed by atoms with Crippen molar-refractivity contribution in [2.45, 2.75) is 0 Å². The summed E-state index contributed by atoms with van der Waals surface area (Å²) < 4.78 is 14.1. The average molecular weight is 477 g/mol. The van der Waals surface area contributed by atoms with Crippen LogP contribution >= 0.6 is 39.5 Å². The molecule has 0 amide bonds. The molecule has 0 saturated carbocycles. The number of rotatable bonds is 3. The van der Waals surface area contributed by atoms with E-state index in [1.807, 2.05) is 41.8 Å². The molecule has 1 fully saturated rings. The lowest BCUT2D eigenvalue weighted by molar-refractivity contribution is 0.391. The van der Waals surface area contributed by atoms with E-state index in [1.54, 1.807) is 11.3 Å². The highest BCUT2D eigenvalue weighted by Crippen LogP contribution is 2.27. The maximum atomic E-state index is 13.1. The zero-order chi connectivity index (χ0) is 19.5. The number of halogens is 2. The highest BCUT2D eigenvalue weighted by Gasteiger charge is 2.20. The molecule has 0 atom stereocenters. The third-order valence-corrected chi connectivity index (χ3v) is 6.21. The van der Waals surface area contributed by atoms with Crippen LogP contribution in [0.15, 0.2) is 58.4 Å². The average Bonchev–Trinajstić information content (AvgIpc) is 3.17. The lowest BCUT2D eigenvalue weighted by Crippen LogP contribution is -2.50. The molecule has 3 aromatic rings. The van der Waals surface area contributed by atoms with E-state index in [1.165, 1.54) is 12.1 Å². The SMILES string of the molecule is Fc1ccc(N2CCN(C(=S)Nc3nc(-c4cccc(Br)c4)cs3)CC2)cc1. The molecule has 2 aromatic carbocycles.